The number of carbonyl (C=O) groups is 2. The molecule has 0 spiro atoms. The van der Waals surface area contributed by atoms with E-state index in [1.165, 1.54) is 6.08 Å². The molecule has 1 aromatic carbocycles. The summed E-state index contributed by atoms with van der Waals surface area (Å²) < 4.78 is 32.9. The van der Waals surface area contributed by atoms with Gasteiger partial charge in [0.25, 0.3) is 0 Å². The third-order valence-electron chi connectivity index (χ3n) is 5.14. The van der Waals surface area contributed by atoms with Crippen LogP contribution in [0.1, 0.15) is 31.2 Å². The Morgan fingerprint density at radius 1 is 1.16 bits per heavy atom. The van der Waals surface area contributed by atoms with Crippen LogP contribution in [0.2, 0.25) is 0 Å². The summed E-state index contributed by atoms with van der Waals surface area (Å²) in [5.74, 6) is -2.95. The molecule has 0 radical (unpaired) electrons. The second-order valence-electron chi connectivity index (χ2n) is 6.76. The number of Topliss-reactive ketones (excluding diaryl/α,β-unsaturated/α-hetero) is 1. The van der Waals surface area contributed by atoms with Crippen LogP contribution >= 0.6 is 0 Å². The highest BCUT2D eigenvalue weighted by Crippen LogP contribution is 2.51. The van der Waals surface area contributed by atoms with Gasteiger partial charge >= 0.3 is 5.97 Å². The molecular weight excluding hydrogens is 330 g/mol. The summed E-state index contributed by atoms with van der Waals surface area (Å²) in [5, 5.41) is 9.32. The van der Waals surface area contributed by atoms with E-state index in [-0.39, 0.29) is 30.3 Å². The van der Waals surface area contributed by atoms with E-state index in [0.717, 1.165) is 30.5 Å². The van der Waals surface area contributed by atoms with E-state index in [2.05, 4.69) is 0 Å². The number of ketones is 1. The monoisotopic (exact) mass is 346 g/mol. The first-order chi connectivity index (χ1) is 12.0. The van der Waals surface area contributed by atoms with Gasteiger partial charge < -0.3 is 9.84 Å². The summed E-state index contributed by atoms with van der Waals surface area (Å²) in [6.45, 7) is 0.0423. The van der Waals surface area contributed by atoms with Gasteiger partial charge in [0, 0.05) is 18.1 Å². The van der Waals surface area contributed by atoms with Gasteiger partial charge in [0.2, 0.25) is 0 Å². The Kier molecular flexibility index (Phi) is 3.71. The van der Waals surface area contributed by atoms with Crippen LogP contribution in [-0.2, 0) is 9.59 Å². The molecule has 2 aliphatic carbocycles. The average molecular weight is 346 g/mol. The lowest BCUT2D eigenvalue weighted by atomic mass is 9.78. The van der Waals surface area contributed by atoms with E-state index in [1.54, 1.807) is 0 Å². The Labute approximate surface area is 142 Å². The first kappa shape index (κ1) is 16.0. The zero-order chi connectivity index (χ0) is 17.7. The lowest BCUT2D eigenvalue weighted by Crippen LogP contribution is -2.23. The first-order valence-electron chi connectivity index (χ1n) is 8.29. The van der Waals surface area contributed by atoms with Crippen molar-refractivity contribution in [1.82, 2.24) is 0 Å². The molecule has 0 aromatic heterocycles. The van der Waals surface area contributed by atoms with Gasteiger partial charge in [-0.3, -0.25) is 4.79 Å². The van der Waals surface area contributed by atoms with E-state index < -0.39 is 23.4 Å². The fourth-order valence-electron chi connectivity index (χ4n) is 3.79. The molecule has 0 bridgehead atoms. The number of fused-ring (bicyclic) bond motifs is 2. The van der Waals surface area contributed by atoms with Crippen LogP contribution in [0.25, 0.3) is 5.57 Å². The van der Waals surface area contributed by atoms with Crippen LogP contribution < -0.4 is 4.74 Å². The number of hydrogen-bond acceptors (Lipinski definition) is 3. The molecule has 130 valence electrons. The van der Waals surface area contributed by atoms with Gasteiger partial charge in [-0.05, 0) is 54.4 Å². The van der Waals surface area contributed by atoms with Gasteiger partial charge in [0.05, 0.1) is 0 Å². The van der Waals surface area contributed by atoms with Crippen molar-refractivity contribution in [3.8, 4) is 5.75 Å². The summed E-state index contributed by atoms with van der Waals surface area (Å²) in [6.07, 6.45) is 4.02. The van der Waals surface area contributed by atoms with Crippen LogP contribution in [0.3, 0.4) is 0 Å². The highest BCUT2D eigenvalue weighted by molar-refractivity contribution is 6.17. The van der Waals surface area contributed by atoms with Crippen molar-refractivity contribution in [2.45, 2.75) is 25.7 Å². The van der Waals surface area contributed by atoms with E-state index in [1.807, 2.05) is 0 Å². The SMILES string of the molecule is O=C(O)/C1=C/C2=C(c3cc(F)c(F)cc3OC2)C(C2CC2)CCC1=O. The minimum atomic E-state index is -1.28. The molecule has 1 N–H and O–H groups in total. The summed E-state index contributed by atoms with van der Waals surface area (Å²) in [7, 11) is 0. The van der Waals surface area contributed by atoms with Gasteiger partial charge in [-0.15, -0.1) is 0 Å². The van der Waals surface area contributed by atoms with Crippen molar-refractivity contribution in [3.63, 3.8) is 0 Å². The summed E-state index contributed by atoms with van der Waals surface area (Å²) in [6, 6.07) is 2.15. The normalized spacial score (nSPS) is 25.1. The number of ether oxygens (including phenoxy) is 1. The fourth-order valence-corrected chi connectivity index (χ4v) is 3.79. The molecule has 3 aliphatic rings. The van der Waals surface area contributed by atoms with Gasteiger partial charge in [0.15, 0.2) is 17.4 Å². The highest BCUT2D eigenvalue weighted by atomic mass is 19.2. The van der Waals surface area contributed by atoms with Crippen LogP contribution in [0, 0.1) is 23.5 Å². The number of benzene rings is 1. The molecule has 1 unspecified atom stereocenters. The number of rotatable bonds is 2. The quantitative estimate of drug-likeness (QED) is 0.833. The van der Waals surface area contributed by atoms with Crippen molar-refractivity contribution in [3.05, 3.63) is 46.6 Å². The molecule has 0 amide bonds. The van der Waals surface area contributed by atoms with Crippen molar-refractivity contribution in [2.75, 3.05) is 6.61 Å². The first-order valence-corrected chi connectivity index (χ1v) is 8.29. The smallest absolute Gasteiger partial charge is 0.339 e. The third kappa shape index (κ3) is 2.75. The van der Waals surface area contributed by atoms with Crippen LogP contribution in [0.15, 0.2) is 29.4 Å². The maximum atomic E-state index is 13.8. The predicted octanol–water partition coefficient (Wildman–Crippen LogP) is 3.51. The number of allylic oxidation sites excluding steroid dienone is 1. The van der Waals surface area contributed by atoms with Gasteiger partial charge in [-0.25, -0.2) is 13.6 Å². The molecule has 1 saturated carbocycles. The number of aliphatic carboxylic acids is 1. The molecule has 4 rings (SSSR count). The zero-order valence-electron chi connectivity index (χ0n) is 13.4. The molecule has 4 nitrogen and oxygen atoms in total. The van der Waals surface area contributed by atoms with Crippen LogP contribution in [0.4, 0.5) is 8.78 Å². The maximum Gasteiger partial charge on any atom is 0.339 e. The van der Waals surface area contributed by atoms with Gasteiger partial charge in [0.1, 0.15) is 17.9 Å². The molecule has 25 heavy (non-hydrogen) atoms. The Hall–Kier alpha value is -2.50. The van der Waals surface area contributed by atoms with E-state index in [4.69, 9.17) is 4.74 Å². The number of hydrogen-bond donors (Lipinski definition) is 1. The Bertz CT molecular complexity index is 849. The maximum absolute atomic E-state index is 13.8. The highest BCUT2D eigenvalue weighted by Gasteiger charge is 2.39. The van der Waals surface area contributed by atoms with Crippen molar-refractivity contribution in [2.24, 2.45) is 11.8 Å². The Morgan fingerprint density at radius 3 is 2.56 bits per heavy atom. The van der Waals surface area contributed by atoms with Crippen molar-refractivity contribution >= 4 is 17.3 Å². The van der Waals surface area contributed by atoms with E-state index >= 15 is 0 Å². The number of halogens is 2. The molecule has 1 aliphatic heterocycles. The van der Waals surface area contributed by atoms with E-state index in [0.29, 0.717) is 23.5 Å². The minimum absolute atomic E-state index is 0.0260. The lowest BCUT2D eigenvalue weighted by Gasteiger charge is -2.30. The number of carboxylic acids is 1. The largest absolute Gasteiger partial charge is 0.488 e. The van der Waals surface area contributed by atoms with Crippen LogP contribution in [0.5, 0.6) is 5.75 Å². The second-order valence-corrected chi connectivity index (χ2v) is 6.76. The average Bonchev–Trinajstić information content (AvgIpc) is 3.37. The van der Waals surface area contributed by atoms with E-state index in [9.17, 15) is 23.5 Å². The molecule has 0 saturated heterocycles. The van der Waals surface area contributed by atoms with Crippen LogP contribution in [-0.4, -0.2) is 23.5 Å². The molecule has 1 atom stereocenters. The molecule has 1 heterocycles. The lowest BCUT2D eigenvalue weighted by molar-refractivity contribution is -0.134. The van der Waals surface area contributed by atoms with Gasteiger partial charge in [-0.2, -0.15) is 0 Å². The second kappa shape index (κ2) is 5.79. The Morgan fingerprint density at radius 2 is 1.88 bits per heavy atom. The third-order valence-corrected chi connectivity index (χ3v) is 5.14. The molecule has 1 fully saturated rings. The Balaban J connectivity index is 1.94. The minimum Gasteiger partial charge on any atom is -0.488 e. The van der Waals surface area contributed by atoms with Crippen molar-refractivity contribution < 1.29 is 28.2 Å². The zero-order valence-corrected chi connectivity index (χ0v) is 13.4. The number of carbonyl (C=O) groups excluding carboxylic acids is 1. The molecular formula is C19H16F2O4. The predicted molar refractivity (Wildman–Crippen MR) is 84.9 cm³/mol. The van der Waals surface area contributed by atoms with Gasteiger partial charge in [-0.1, -0.05) is 0 Å². The standard InChI is InChI=1S/C19H16F2O4/c20-14-6-13-17(7-15(14)21)25-8-10-5-12(19(23)24)16(22)4-3-11(18(10)13)9-1-2-9/h5-7,9,11H,1-4,8H2,(H,23,24)/b12-5+. The number of carboxylic acid groups (broad SMARTS) is 1. The molecule has 1 aromatic rings. The van der Waals surface area contributed by atoms with Crippen molar-refractivity contribution in [1.29, 1.82) is 0 Å². The topological polar surface area (TPSA) is 63.6 Å². The summed E-state index contributed by atoms with van der Waals surface area (Å²) >= 11 is 0. The summed E-state index contributed by atoms with van der Waals surface area (Å²) in [4.78, 5) is 23.6. The molecule has 6 heteroatoms. The fraction of sp³-hybridized carbons (Fsp3) is 0.368. The summed E-state index contributed by atoms with van der Waals surface area (Å²) in [5.41, 5.74) is 1.55.